The third kappa shape index (κ3) is 5.33. The molecule has 2 N–H and O–H groups in total. The summed E-state index contributed by atoms with van der Waals surface area (Å²) in [5.74, 6) is 0.463. The van der Waals surface area contributed by atoms with E-state index in [-0.39, 0.29) is 18.7 Å². The Kier molecular flexibility index (Phi) is 7.21. The van der Waals surface area contributed by atoms with Crippen molar-refractivity contribution >= 4 is 6.03 Å². The van der Waals surface area contributed by atoms with E-state index in [9.17, 15) is 9.90 Å². The van der Waals surface area contributed by atoms with Crippen LogP contribution >= 0.6 is 0 Å². The second-order valence-electron chi connectivity index (χ2n) is 6.90. The summed E-state index contributed by atoms with van der Waals surface area (Å²) < 4.78 is 1.84. The van der Waals surface area contributed by atoms with Crippen LogP contribution in [0.4, 0.5) is 4.79 Å². The molecule has 0 fully saturated rings. The van der Waals surface area contributed by atoms with Crippen LogP contribution in [-0.2, 0) is 13.1 Å². The Morgan fingerprint density at radius 2 is 1.92 bits per heavy atom. The van der Waals surface area contributed by atoms with Crippen molar-refractivity contribution in [1.29, 1.82) is 0 Å². The number of nitrogens with zero attached hydrogens (tertiary/aromatic N) is 3. The number of aromatic nitrogens is 2. The largest absolute Gasteiger partial charge is 0.396 e. The van der Waals surface area contributed by atoms with E-state index in [4.69, 9.17) is 0 Å². The van der Waals surface area contributed by atoms with Gasteiger partial charge in [0.05, 0.1) is 18.8 Å². The van der Waals surface area contributed by atoms with Crippen LogP contribution in [0.25, 0.3) is 0 Å². The summed E-state index contributed by atoms with van der Waals surface area (Å²) in [5, 5.41) is 16.6. The molecule has 1 unspecified atom stereocenters. The fourth-order valence-electron chi connectivity index (χ4n) is 2.83. The molecule has 0 spiro atoms. The Balaban J connectivity index is 2.01. The number of carbonyl (C=O) groups is 1. The van der Waals surface area contributed by atoms with Gasteiger partial charge in [0.2, 0.25) is 0 Å². The molecular weight excluding hydrogens is 328 g/mol. The predicted molar refractivity (Wildman–Crippen MR) is 103 cm³/mol. The molecule has 6 nitrogen and oxygen atoms in total. The SMILES string of the molecule is CCn1cc(CN(C)C(=O)NC(CCO)c2ccc(C(C)C)cc2)cn1. The van der Waals surface area contributed by atoms with E-state index in [1.165, 1.54) is 5.56 Å². The van der Waals surface area contributed by atoms with Crippen molar-refractivity contribution in [3.8, 4) is 0 Å². The van der Waals surface area contributed by atoms with Gasteiger partial charge in [-0.2, -0.15) is 5.10 Å². The lowest BCUT2D eigenvalue weighted by atomic mass is 9.98. The van der Waals surface area contributed by atoms with Crippen LogP contribution < -0.4 is 5.32 Å². The second-order valence-corrected chi connectivity index (χ2v) is 6.90. The van der Waals surface area contributed by atoms with Crippen LogP contribution in [0.2, 0.25) is 0 Å². The monoisotopic (exact) mass is 358 g/mol. The molecule has 142 valence electrons. The van der Waals surface area contributed by atoms with E-state index in [0.29, 0.717) is 18.9 Å². The van der Waals surface area contributed by atoms with Crippen molar-refractivity contribution in [2.75, 3.05) is 13.7 Å². The van der Waals surface area contributed by atoms with E-state index in [1.807, 2.05) is 29.9 Å². The quantitative estimate of drug-likeness (QED) is 0.761. The number of aryl methyl sites for hydroxylation is 1. The molecule has 0 aliphatic carbocycles. The van der Waals surface area contributed by atoms with Crippen LogP contribution in [0, 0.1) is 0 Å². The van der Waals surface area contributed by atoms with E-state index >= 15 is 0 Å². The van der Waals surface area contributed by atoms with E-state index in [2.05, 4.69) is 36.4 Å². The summed E-state index contributed by atoms with van der Waals surface area (Å²) in [6.45, 7) is 7.64. The molecule has 0 bridgehead atoms. The number of nitrogens with one attached hydrogen (secondary N) is 1. The maximum Gasteiger partial charge on any atom is 0.317 e. The highest BCUT2D eigenvalue weighted by Crippen LogP contribution is 2.21. The third-order valence-electron chi connectivity index (χ3n) is 4.50. The number of urea groups is 1. The molecule has 0 aliphatic heterocycles. The number of amides is 2. The minimum Gasteiger partial charge on any atom is -0.396 e. The molecule has 0 saturated carbocycles. The van der Waals surface area contributed by atoms with Crippen molar-refractivity contribution in [3.05, 3.63) is 53.3 Å². The number of aliphatic hydroxyl groups is 1. The highest BCUT2D eigenvalue weighted by Gasteiger charge is 2.17. The zero-order valence-electron chi connectivity index (χ0n) is 16.1. The third-order valence-corrected chi connectivity index (χ3v) is 4.50. The van der Waals surface area contributed by atoms with Gasteiger partial charge in [0, 0.05) is 32.0 Å². The molecular formula is C20H30N4O2. The first-order chi connectivity index (χ1) is 12.4. The van der Waals surface area contributed by atoms with Crippen molar-refractivity contribution < 1.29 is 9.90 Å². The zero-order chi connectivity index (χ0) is 19.1. The van der Waals surface area contributed by atoms with Gasteiger partial charge in [0.15, 0.2) is 0 Å². The summed E-state index contributed by atoms with van der Waals surface area (Å²) in [5.41, 5.74) is 3.25. The van der Waals surface area contributed by atoms with Gasteiger partial charge in [-0.15, -0.1) is 0 Å². The summed E-state index contributed by atoms with van der Waals surface area (Å²) in [7, 11) is 1.76. The smallest absolute Gasteiger partial charge is 0.317 e. The van der Waals surface area contributed by atoms with Gasteiger partial charge < -0.3 is 15.3 Å². The van der Waals surface area contributed by atoms with Crippen molar-refractivity contribution in [1.82, 2.24) is 20.0 Å². The maximum absolute atomic E-state index is 12.6. The molecule has 2 aromatic rings. The minimum absolute atomic E-state index is 0.0177. The summed E-state index contributed by atoms with van der Waals surface area (Å²) in [4.78, 5) is 14.2. The highest BCUT2D eigenvalue weighted by atomic mass is 16.3. The van der Waals surface area contributed by atoms with Gasteiger partial charge in [-0.05, 0) is 30.4 Å². The molecule has 0 saturated heterocycles. The molecule has 2 rings (SSSR count). The average Bonchev–Trinajstić information content (AvgIpc) is 3.08. The number of hydrogen-bond acceptors (Lipinski definition) is 3. The van der Waals surface area contributed by atoms with Gasteiger partial charge in [0.25, 0.3) is 0 Å². The first-order valence-electron chi connectivity index (χ1n) is 9.18. The number of rotatable bonds is 8. The first-order valence-corrected chi connectivity index (χ1v) is 9.18. The lowest BCUT2D eigenvalue weighted by Crippen LogP contribution is -2.39. The Morgan fingerprint density at radius 1 is 1.27 bits per heavy atom. The highest BCUT2D eigenvalue weighted by molar-refractivity contribution is 5.74. The van der Waals surface area contributed by atoms with E-state index < -0.39 is 0 Å². The summed E-state index contributed by atoms with van der Waals surface area (Å²) in [6.07, 6.45) is 4.21. The number of carbonyl (C=O) groups excluding carboxylic acids is 1. The van der Waals surface area contributed by atoms with Gasteiger partial charge in [-0.3, -0.25) is 4.68 Å². The lowest BCUT2D eigenvalue weighted by Gasteiger charge is -2.23. The average molecular weight is 358 g/mol. The fourth-order valence-corrected chi connectivity index (χ4v) is 2.83. The van der Waals surface area contributed by atoms with Crippen LogP contribution in [0.5, 0.6) is 0 Å². The van der Waals surface area contributed by atoms with Gasteiger partial charge in [-0.1, -0.05) is 38.1 Å². The molecule has 2 amide bonds. The summed E-state index contributed by atoms with van der Waals surface area (Å²) >= 11 is 0. The fraction of sp³-hybridized carbons (Fsp3) is 0.500. The molecule has 6 heteroatoms. The molecule has 26 heavy (non-hydrogen) atoms. The Bertz CT molecular complexity index is 694. The maximum atomic E-state index is 12.6. The molecule has 1 heterocycles. The van der Waals surface area contributed by atoms with Gasteiger partial charge in [0.1, 0.15) is 0 Å². The topological polar surface area (TPSA) is 70.4 Å². The van der Waals surface area contributed by atoms with Crippen molar-refractivity contribution in [2.24, 2.45) is 0 Å². The molecule has 1 aromatic heterocycles. The Hall–Kier alpha value is -2.34. The first kappa shape index (κ1) is 20.0. The normalized spacial score (nSPS) is 12.2. The number of aliphatic hydroxyl groups excluding tert-OH is 1. The van der Waals surface area contributed by atoms with Crippen LogP contribution in [0.3, 0.4) is 0 Å². The van der Waals surface area contributed by atoms with E-state index in [0.717, 1.165) is 17.7 Å². The number of benzene rings is 1. The van der Waals surface area contributed by atoms with Gasteiger partial charge in [-0.25, -0.2) is 4.79 Å². The Labute approximate surface area is 155 Å². The second kappa shape index (κ2) is 9.38. The molecule has 0 radical (unpaired) electrons. The molecule has 1 aromatic carbocycles. The number of hydrogen-bond donors (Lipinski definition) is 2. The van der Waals surface area contributed by atoms with E-state index in [1.54, 1.807) is 18.1 Å². The van der Waals surface area contributed by atoms with Gasteiger partial charge >= 0.3 is 6.03 Å². The predicted octanol–water partition coefficient (Wildman–Crippen LogP) is 3.29. The zero-order valence-corrected chi connectivity index (χ0v) is 16.1. The van der Waals surface area contributed by atoms with Crippen LogP contribution in [-0.4, -0.2) is 39.5 Å². The van der Waals surface area contributed by atoms with Crippen molar-refractivity contribution in [3.63, 3.8) is 0 Å². The van der Waals surface area contributed by atoms with Crippen LogP contribution in [0.15, 0.2) is 36.7 Å². The molecule has 0 aliphatic rings. The van der Waals surface area contributed by atoms with Crippen LogP contribution in [0.1, 0.15) is 55.8 Å². The summed E-state index contributed by atoms with van der Waals surface area (Å²) in [6, 6.07) is 7.84. The molecule has 1 atom stereocenters. The minimum atomic E-state index is -0.213. The standard InChI is InChI=1S/C20H30N4O2/c1-5-24-14-16(12-21-24)13-23(4)20(26)22-19(10-11-25)18-8-6-17(7-9-18)15(2)3/h6-9,12,14-15,19,25H,5,10-11,13H2,1-4H3,(H,22,26). The Morgan fingerprint density at radius 3 is 2.46 bits per heavy atom. The van der Waals surface area contributed by atoms with Crippen molar-refractivity contribution in [2.45, 2.75) is 52.2 Å². The lowest BCUT2D eigenvalue weighted by molar-refractivity contribution is 0.197.